The van der Waals surface area contributed by atoms with Gasteiger partial charge < -0.3 is 25.3 Å². The number of ether oxygens (including phenoxy) is 1. The number of benzene rings is 2. The van der Waals surface area contributed by atoms with Gasteiger partial charge in [0.15, 0.2) is 5.82 Å². The maximum absolute atomic E-state index is 14.6. The summed E-state index contributed by atoms with van der Waals surface area (Å²) in [6.07, 6.45) is 4.51. The Bertz CT molecular complexity index is 1360. The van der Waals surface area contributed by atoms with E-state index in [2.05, 4.69) is 37.1 Å². The quantitative estimate of drug-likeness (QED) is 0.345. The van der Waals surface area contributed by atoms with Crippen LogP contribution in [0.4, 0.5) is 27.4 Å². The van der Waals surface area contributed by atoms with Crippen LogP contribution >= 0.6 is 0 Å². The third kappa shape index (κ3) is 5.15. The van der Waals surface area contributed by atoms with Crippen LogP contribution in [0.3, 0.4) is 0 Å². The van der Waals surface area contributed by atoms with Crippen molar-refractivity contribution in [2.75, 3.05) is 41.8 Å². The van der Waals surface area contributed by atoms with E-state index >= 15 is 0 Å². The highest BCUT2D eigenvalue weighted by atomic mass is 19.1. The van der Waals surface area contributed by atoms with Crippen LogP contribution < -0.4 is 15.5 Å². The second kappa shape index (κ2) is 9.94. The number of aromatic amines is 1. The molecule has 178 valence electrons. The second-order valence-corrected chi connectivity index (χ2v) is 8.20. The minimum Gasteiger partial charge on any atom is -0.378 e. The van der Waals surface area contributed by atoms with E-state index in [-0.39, 0.29) is 18.0 Å². The molecule has 0 saturated carbocycles. The predicted octanol–water partition coefficient (Wildman–Crippen LogP) is 4.39. The number of morpholine rings is 1. The molecule has 1 aliphatic heterocycles. The average molecular weight is 473 g/mol. The molecule has 0 aliphatic carbocycles. The molecule has 3 N–H and O–H groups in total. The predicted molar refractivity (Wildman–Crippen MR) is 135 cm³/mol. The molecule has 3 heterocycles. The first-order valence-corrected chi connectivity index (χ1v) is 11.3. The van der Waals surface area contributed by atoms with Crippen LogP contribution in [0.25, 0.3) is 10.9 Å². The van der Waals surface area contributed by atoms with Crippen LogP contribution in [-0.4, -0.2) is 47.2 Å². The van der Waals surface area contributed by atoms with Gasteiger partial charge in [0.1, 0.15) is 0 Å². The summed E-state index contributed by atoms with van der Waals surface area (Å²) in [7, 11) is 0. The molecule has 1 amide bonds. The van der Waals surface area contributed by atoms with Crippen molar-refractivity contribution < 1.29 is 13.9 Å². The molecule has 0 radical (unpaired) electrons. The molecule has 4 aromatic rings. The van der Waals surface area contributed by atoms with Crippen molar-refractivity contribution in [1.29, 1.82) is 0 Å². The lowest BCUT2D eigenvalue weighted by atomic mass is 10.1. The first-order chi connectivity index (χ1) is 17.1. The zero-order chi connectivity index (χ0) is 24.2. The number of nitrogens with zero attached hydrogens (tertiary/aromatic N) is 3. The highest BCUT2D eigenvalue weighted by Crippen LogP contribution is 2.25. The summed E-state index contributed by atoms with van der Waals surface area (Å²) in [5.74, 6) is -0.424. The van der Waals surface area contributed by atoms with Crippen LogP contribution in [0, 0.1) is 5.82 Å². The number of hydrogen-bond donors (Lipinski definition) is 3. The molecule has 9 heteroatoms. The Kier molecular flexibility index (Phi) is 6.40. The molecule has 8 nitrogen and oxygen atoms in total. The van der Waals surface area contributed by atoms with Gasteiger partial charge in [0, 0.05) is 53.7 Å². The number of hydrogen-bond acceptors (Lipinski definition) is 6. The normalized spacial score (nSPS) is 13.6. The Morgan fingerprint density at radius 2 is 1.94 bits per heavy atom. The lowest BCUT2D eigenvalue weighted by Crippen LogP contribution is -2.36. The minimum absolute atomic E-state index is 0.282. The summed E-state index contributed by atoms with van der Waals surface area (Å²) >= 11 is 0. The Balaban J connectivity index is 1.31. The minimum atomic E-state index is -0.470. The molecule has 1 saturated heterocycles. The largest absolute Gasteiger partial charge is 0.378 e. The molecule has 0 atom stereocenters. The number of fused-ring (bicyclic) bond motifs is 1. The highest BCUT2D eigenvalue weighted by molar-refractivity contribution is 6.00. The molecule has 1 fully saturated rings. The smallest absolute Gasteiger partial charge is 0.247 e. The van der Waals surface area contributed by atoms with Gasteiger partial charge in [0.25, 0.3) is 0 Å². The Morgan fingerprint density at radius 3 is 2.71 bits per heavy atom. The Morgan fingerprint density at radius 1 is 1.17 bits per heavy atom. The Labute approximate surface area is 201 Å². The maximum atomic E-state index is 14.6. The van der Waals surface area contributed by atoms with E-state index in [1.807, 2.05) is 42.6 Å². The molecule has 0 bridgehead atoms. The third-order valence-electron chi connectivity index (χ3n) is 5.89. The van der Waals surface area contributed by atoms with Gasteiger partial charge in [-0.2, -0.15) is 0 Å². The van der Waals surface area contributed by atoms with E-state index in [9.17, 15) is 9.18 Å². The first kappa shape index (κ1) is 22.5. The van der Waals surface area contributed by atoms with Crippen molar-refractivity contribution in [3.8, 4) is 0 Å². The molecule has 1 aliphatic rings. The topological polar surface area (TPSA) is 95.2 Å². The number of halogens is 1. The zero-order valence-electron chi connectivity index (χ0n) is 19.1. The number of anilines is 4. The highest BCUT2D eigenvalue weighted by Gasteiger charge is 2.14. The van der Waals surface area contributed by atoms with Gasteiger partial charge in [-0.3, -0.25) is 4.79 Å². The van der Waals surface area contributed by atoms with E-state index in [0.29, 0.717) is 11.6 Å². The molecule has 5 rings (SSSR count). The molecule has 2 aromatic heterocycles. The summed E-state index contributed by atoms with van der Waals surface area (Å²) in [5.41, 5.74) is 4.61. The van der Waals surface area contributed by atoms with Crippen molar-refractivity contribution in [1.82, 2.24) is 15.0 Å². The number of H-pyrrole nitrogens is 1. The fraction of sp³-hybridized carbons (Fsp3) is 0.192. The molecular weight excluding hydrogens is 447 g/mol. The number of aromatic nitrogens is 3. The second-order valence-electron chi connectivity index (χ2n) is 8.20. The molecule has 0 spiro atoms. The van der Waals surface area contributed by atoms with E-state index in [0.717, 1.165) is 54.1 Å². The van der Waals surface area contributed by atoms with Crippen LogP contribution in [0.5, 0.6) is 0 Å². The molecular formula is C26H25FN6O2. The van der Waals surface area contributed by atoms with Gasteiger partial charge in [-0.25, -0.2) is 14.4 Å². The first-order valence-electron chi connectivity index (χ1n) is 11.3. The number of carbonyl (C=O) groups excluding carboxylic acids is 1. The van der Waals surface area contributed by atoms with Crippen LogP contribution in [0.15, 0.2) is 67.5 Å². The van der Waals surface area contributed by atoms with Gasteiger partial charge in [-0.15, -0.1) is 0 Å². The summed E-state index contributed by atoms with van der Waals surface area (Å²) in [4.78, 5) is 25.5. The summed E-state index contributed by atoms with van der Waals surface area (Å²) in [6, 6.07) is 13.5. The van der Waals surface area contributed by atoms with Crippen LogP contribution in [-0.2, 0) is 16.0 Å². The standard InChI is InChI=1S/C26H25FN6O2/c1-2-25(34)30-19-5-8-21-17(15-28-23(21)14-19)13-24-22(27)16-29-26(32-24)31-18-3-6-20(7-4-18)33-9-11-35-12-10-33/h2-8,14-16,28H,1,9-13H2,(H,30,34)(H,29,31,32). The van der Waals surface area contributed by atoms with Crippen LogP contribution in [0.2, 0.25) is 0 Å². The summed E-state index contributed by atoms with van der Waals surface area (Å²) < 4.78 is 20.0. The lowest BCUT2D eigenvalue weighted by Gasteiger charge is -2.28. The van der Waals surface area contributed by atoms with E-state index < -0.39 is 5.82 Å². The van der Waals surface area contributed by atoms with Crippen LogP contribution in [0.1, 0.15) is 11.3 Å². The summed E-state index contributed by atoms with van der Waals surface area (Å²) in [5, 5.41) is 6.82. The monoisotopic (exact) mass is 472 g/mol. The Hall–Kier alpha value is -4.24. The van der Waals surface area contributed by atoms with Crippen molar-refractivity contribution in [3.05, 3.63) is 84.6 Å². The van der Waals surface area contributed by atoms with Gasteiger partial charge in [-0.05, 0) is 48.0 Å². The van der Waals surface area contributed by atoms with E-state index in [1.54, 1.807) is 6.07 Å². The SMILES string of the molecule is C=CC(=O)Nc1ccc2c(Cc3nc(Nc4ccc(N5CCOCC5)cc4)ncc3F)c[nH]c2c1. The fourth-order valence-electron chi connectivity index (χ4n) is 4.08. The zero-order valence-corrected chi connectivity index (χ0v) is 19.1. The fourth-order valence-corrected chi connectivity index (χ4v) is 4.08. The number of amides is 1. The lowest BCUT2D eigenvalue weighted by molar-refractivity contribution is -0.111. The van der Waals surface area contributed by atoms with Gasteiger partial charge >= 0.3 is 0 Å². The van der Waals surface area contributed by atoms with Crippen molar-refractivity contribution in [2.24, 2.45) is 0 Å². The van der Waals surface area contributed by atoms with Crippen molar-refractivity contribution >= 4 is 39.8 Å². The van der Waals surface area contributed by atoms with Gasteiger partial charge in [0.2, 0.25) is 11.9 Å². The molecule has 0 unspecified atom stereocenters. The number of rotatable bonds is 7. The van der Waals surface area contributed by atoms with E-state index in [4.69, 9.17) is 4.74 Å². The van der Waals surface area contributed by atoms with Crippen molar-refractivity contribution in [2.45, 2.75) is 6.42 Å². The molecule has 35 heavy (non-hydrogen) atoms. The molecule has 2 aromatic carbocycles. The van der Waals surface area contributed by atoms with Gasteiger partial charge in [-0.1, -0.05) is 12.6 Å². The van der Waals surface area contributed by atoms with E-state index in [1.165, 1.54) is 12.3 Å². The maximum Gasteiger partial charge on any atom is 0.247 e. The van der Waals surface area contributed by atoms with Gasteiger partial charge in [0.05, 0.1) is 25.1 Å². The van der Waals surface area contributed by atoms with Crippen molar-refractivity contribution in [3.63, 3.8) is 0 Å². The summed E-state index contributed by atoms with van der Waals surface area (Å²) in [6.45, 7) is 6.66. The third-order valence-corrected chi connectivity index (χ3v) is 5.89. The average Bonchev–Trinajstić information content (AvgIpc) is 3.28. The number of nitrogens with one attached hydrogen (secondary N) is 3. The number of carbonyl (C=O) groups is 1.